The van der Waals surface area contributed by atoms with Crippen molar-refractivity contribution in [3.05, 3.63) is 17.0 Å². The average Bonchev–Trinajstić information content (AvgIpc) is 2.80. The zero-order valence-electron chi connectivity index (χ0n) is 15.3. The van der Waals surface area contributed by atoms with Gasteiger partial charge in [-0.15, -0.1) is 0 Å². The maximum atomic E-state index is 12.5. The minimum atomic E-state index is -0.562. The van der Waals surface area contributed by atoms with Crippen LogP contribution in [0.25, 0.3) is 0 Å². The van der Waals surface area contributed by atoms with E-state index in [1.54, 1.807) is 25.6 Å². The first-order valence-electron chi connectivity index (χ1n) is 8.47. The molecule has 1 saturated heterocycles. The zero-order chi connectivity index (χ0) is 17.9. The lowest BCUT2D eigenvalue weighted by molar-refractivity contribution is -0.117. The average molecular weight is 336 g/mol. The molecule has 2 heterocycles. The van der Waals surface area contributed by atoms with Crippen LogP contribution in [0.15, 0.2) is 0 Å². The minimum Gasteiger partial charge on any atom is -0.379 e. The second kappa shape index (κ2) is 7.90. The Hall–Kier alpha value is -1.73. The van der Waals surface area contributed by atoms with Crippen molar-refractivity contribution >= 4 is 11.7 Å². The second-order valence-corrected chi connectivity index (χ2v) is 6.67. The number of carbonyl (C=O) groups excluding carboxylic acids is 2. The molecular weight excluding hydrogens is 308 g/mol. The van der Waals surface area contributed by atoms with E-state index in [1.807, 2.05) is 0 Å². The number of amides is 1. The van der Waals surface area contributed by atoms with Crippen LogP contribution in [0.2, 0.25) is 0 Å². The Morgan fingerprint density at radius 1 is 1.25 bits per heavy atom. The van der Waals surface area contributed by atoms with Gasteiger partial charge in [-0.2, -0.15) is 5.10 Å². The number of ether oxygens (including phenoxy) is 1. The predicted octanol–water partition coefficient (Wildman–Crippen LogP) is 0.693. The van der Waals surface area contributed by atoms with Crippen molar-refractivity contribution in [2.45, 2.75) is 33.7 Å². The number of carbonyl (C=O) groups is 2. The van der Waals surface area contributed by atoms with E-state index in [0.29, 0.717) is 42.6 Å². The SMILES string of the molecule is Cc1nn(C)c(C)c1C(=O)C(=O)NCC(C(C)C)N1CCOCC1. The molecule has 1 amide bonds. The molecular formula is C17H28N4O3. The van der Waals surface area contributed by atoms with Crippen molar-refractivity contribution in [2.75, 3.05) is 32.8 Å². The van der Waals surface area contributed by atoms with Crippen LogP contribution in [0.4, 0.5) is 0 Å². The van der Waals surface area contributed by atoms with E-state index in [4.69, 9.17) is 4.74 Å². The second-order valence-electron chi connectivity index (χ2n) is 6.67. The van der Waals surface area contributed by atoms with E-state index < -0.39 is 11.7 Å². The molecule has 1 aromatic heterocycles. The van der Waals surface area contributed by atoms with Crippen molar-refractivity contribution in [3.8, 4) is 0 Å². The molecule has 0 aromatic carbocycles. The highest BCUT2D eigenvalue weighted by Crippen LogP contribution is 2.14. The molecule has 0 aliphatic carbocycles. The number of aromatic nitrogens is 2. The lowest BCUT2D eigenvalue weighted by atomic mass is 10.0. The third-order valence-electron chi connectivity index (χ3n) is 4.70. The molecule has 1 unspecified atom stereocenters. The van der Waals surface area contributed by atoms with Gasteiger partial charge in [-0.1, -0.05) is 13.8 Å². The first-order valence-corrected chi connectivity index (χ1v) is 8.47. The summed E-state index contributed by atoms with van der Waals surface area (Å²) in [5, 5.41) is 7.02. The Labute approximate surface area is 143 Å². The molecule has 0 radical (unpaired) electrons. The third-order valence-corrected chi connectivity index (χ3v) is 4.70. The third kappa shape index (κ3) is 4.02. The lowest BCUT2D eigenvalue weighted by Gasteiger charge is -2.36. The fourth-order valence-corrected chi connectivity index (χ4v) is 3.19. The first kappa shape index (κ1) is 18.6. The zero-order valence-corrected chi connectivity index (χ0v) is 15.3. The highest BCUT2D eigenvalue weighted by Gasteiger charge is 2.27. The van der Waals surface area contributed by atoms with Crippen LogP contribution in [0.1, 0.15) is 35.6 Å². The van der Waals surface area contributed by atoms with Crippen LogP contribution in [0, 0.1) is 19.8 Å². The van der Waals surface area contributed by atoms with Gasteiger partial charge >= 0.3 is 0 Å². The molecule has 2 rings (SSSR count). The van der Waals surface area contributed by atoms with E-state index in [2.05, 4.69) is 29.2 Å². The number of rotatable bonds is 6. The maximum Gasteiger partial charge on any atom is 0.292 e. The molecule has 7 nitrogen and oxygen atoms in total. The smallest absolute Gasteiger partial charge is 0.292 e. The Morgan fingerprint density at radius 3 is 2.38 bits per heavy atom. The Morgan fingerprint density at radius 2 is 1.88 bits per heavy atom. The van der Waals surface area contributed by atoms with Gasteiger partial charge in [0.25, 0.3) is 11.7 Å². The maximum absolute atomic E-state index is 12.5. The van der Waals surface area contributed by atoms with Gasteiger partial charge in [0.05, 0.1) is 24.5 Å². The largest absolute Gasteiger partial charge is 0.379 e. The Bertz CT molecular complexity index is 603. The topological polar surface area (TPSA) is 76.5 Å². The van der Waals surface area contributed by atoms with Crippen LogP contribution >= 0.6 is 0 Å². The number of nitrogens with zero attached hydrogens (tertiary/aromatic N) is 3. The number of aryl methyl sites for hydroxylation is 2. The number of nitrogens with one attached hydrogen (secondary N) is 1. The van der Waals surface area contributed by atoms with Crippen molar-refractivity contribution < 1.29 is 14.3 Å². The van der Waals surface area contributed by atoms with Crippen LogP contribution < -0.4 is 5.32 Å². The number of morpholine rings is 1. The van der Waals surface area contributed by atoms with Crippen molar-refractivity contribution in [1.82, 2.24) is 20.0 Å². The Kier molecular flexibility index (Phi) is 6.12. The van der Waals surface area contributed by atoms with E-state index >= 15 is 0 Å². The van der Waals surface area contributed by atoms with Gasteiger partial charge in [0.2, 0.25) is 0 Å². The van der Waals surface area contributed by atoms with E-state index in [-0.39, 0.29) is 6.04 Å². The highest BCUT2D eigenvalue weighted by atomic mass is 16.5. The molecule has 1 N–H and O–H groups in total. The molecule has 1 aliphatic heterocycles. The molecule has 7 heteroatoms. The normalized spacial score (nSPS) is 17.1. The van der Waals surface area contributed by atoms with Crippen LogP contribution in [0.3, 0.4) is 0 Å². The summed E-state index contributed by atoms with van der Waals surface area (Å²) in [6.45, 7) is 11.4. The van der Waals surface area contributed by atoms with Gasteiger partial charge in [-0.25, -0.2) is 0 Å². The van der Waals surface area contributed by atoms with E-state index in [9.17, 15) is 9.59 Å². The van der Waals surface area contributed by atoms with E-state index in [0.717, 1.165) is 13.1 Å². The van der Waals surface area contributed by atoms with Gasteiger partial charge in [-0.05, 0) is 19.8 Å². The number of ketones is 1. The van der Waals surface area contributed by atoms with Gasteiger partial charge in [-0.3, -0.25) is 19.2 Å². The minimum absolute atomic E-state index is 0.196. The summed E-state index contributed by atoms with van der Waals surface area (Å²) >= 11 is 0. The standard InChI is InChI=1S/C17H28N4O3/c1-11(2)14(21-6-8-24-9-7-21)10-18-17(23)16(22)15-12(3)19-20(5)13(15)4/h11,14H,6-10H2,1-5H3,(H,18,23). The van der Waals surface area contributed by atoms with Gasteiger partial charge in [0, 0.05) is 38.4 Å². The first-order chi connectivity index (χ1) is 11.3. The summed E-state index contributed by atoms with van der Waals surface area (Å²) in [7, 11) is 1.77. The summed E-state index contributed by atoms with van der Waals surface area (Å²) in [5.74, 6) is -0.698. The summed E-state index contributed by atoms with van der Waals surface area (Å²) in [5.41, 5.74) is 1.70. The molecule has 1 aliphatic rings. The molecule has 24 heavy (non-hydrogen) atoms. The molecule has 1 atom stereocenters. The number of Topliss-reactive ketones (excluding diaryl/α,β-unsaturated/α-hetero) is 1. The monoisotopic (exact) mass is 336 g/mol. The van der Waals surface area contributed by atoms with Crippen molar-refractivity contribution in [2.24, 2.45) is 13.0 Å². The predicted molar refractivity (Wildman–Crippen MR) is 91.0 cm³/mol. The van der Waals surface area contributed by atoms with Crippen LogP contribution in [0.5, 0.6) is 0 Å². The van der Waals surface area contributed by atoms with Crippen LogP contribution in [-0.4, -0.2) is 65.3 Å². The molecule has 0 bridgehead atoms. The van der Waals surface area contributed by atoms with Gasteiger partial charge < -0.3 is 10.1 Å². The summed E-state index contributed by atoms with van der Waals surface area (Å²) in [6.07, 6.45) is 0. The Balaban J connectivity index is 2.01. The van der Waals surface area contributed by atoms with Gasteiger partial charge in [0.15, 0.2) is 0 Å². The lowest BCUT2D eigenvalue weighted by Crippen LogP contribution is -2.51. The fraction of sp³-hybridized carbons (Fsp3) is 0.706. The summed E-state index contributed by atoms with van der Waals surface area (Å²) in [6, 6.07) is 0.196. The molecule has 1 aromatic rings. The summed E-state index contributed by atoms with van der Waals surface area (Å²) in [4.78, 5) is 27.1. The molecule has 134 valence electrons. The highest BCUT2D eigenvalue weighted by molar-refractivity contribution is 6.43. The van der Waals surface area contributed by atoms with Crippen molar-refractivity contribution in [1.29, 1.82) is 0 Å². The molecule has 1 fully saturated rings. The van der Waals surface area contributed by atoms with Gasteiger partial charge in [0.1, 0.15) is 0 Å². The fourth-order valence-electron chi connectivity index (χ4n) is 3.19. The molecule has 0 spiro atoms. The van der Waals surface area contributed by atoms with Crippen molar-refractivity contribution in [3.63, 3.8) is 0 Å². The number of hydrogen-bond donors (Lipinski definition) is 1. The summed E-state index contributed by atoms with van der Waals surface area (Å²) < 4.78 is 7.01. The van der Waals surface area contributed by atoms with E-state index in [1.165, 1.54) is 0 Å². The quantitative estimate of drug-likeness (QED) is 0.611. The number of hydrogen-bond acceptors (Lipinski definition) is 5. The van der Waals surface area contributed by atoms with Crippen LogP contribution in [-0.2, 0) is 16.6 Å². The molecule has 0 saturated carbocycles.